The van der Waals surface area contributed by atoms with Crippen LogP contribution in [0.25, 0.3) is 0 Å². The van der Waals surface area contributed by atoms with Crippen molar-refractivity contribution in [1.29, 1.82) is 0 Å². The van der Waals surface area contributed by atoms with Crippen LogP contribution in [0, 0.1) is 0 Å². The fourth-order valence-corrected chi connectivity index (χ4v) is 1.01. The fraction of sp³-hybridized carbons (Fsp3) is 0.222. The molecule has 1 aromatic rings. The maximum Gasteiger partial charge on any atom is 0.340 e. The van der Waals surface area contributed by atoms with Gasteiger partial charge in [0.05, 0.1) is 17.9 Å². The van der Waals surface area contributed by atoms with Gasteiger partial charge in [0.1, 0.15) is 5.75 Å². The molecule has 0 bridgehead atoms. The molecule has 5 nitrogen and oxygen atoms in total. The average molecular weight is 197 g/mol. The number of esters is 1. The van der Waals surface area contributed by atoms with Gasteiger partial charge in [-0.3, -0.25) is 10.7 Å². The molecular weight excluding hydrogens is 186 g/mol. The van der Waals surface area contributed by atoms with Crippen LogP contribution in [0.1, 0.15) is 17.3 Å². The van der Waals surface area contributed by atoms with Crippen molar-refractivity contribution in [1.82, 2.24) is 0 Å². The Morgan fingerprint density at radius 3 is 2.86 bits per heavy atom. The molecule has 0 unspecified atom stereocenters. The molecule has 0 spiro atoms. The molecule has 1 rings (SSSR count). The second-order valence-electron chi connectivity index (χ2n) is 2.56. The first-order valence-electron chi connectivity index (χ1n) is 4.09. The van der Waals surface area contributed by atoms with Crippen molar-refractivity contribution in [3.05, 3.63) is 23.8 Å². The molecule has 3 N–H and O–H groups in total. The molecule has 0 aliphatic carbocycles. The van der Waals surface area contributed by atoms with Gasteiger partial charge in [-0.05, 0) is 19.1 Å². The van der Waals surface area contributed by atoms with Crippen LogP contribution >= 0.6 is 0 Å². The number of anilines is 1. The van der Waals surface area contributed by atoms with E-state index in [1.165, 1.54) is 18.2 Å². The minimum atomic E-state index is -0.552. The van der Waals surface area contributed by atoms with Crippen molar-refractivity contribution in [2.24, 2.45) is 0 Å². The minimum Gasteiger partial charge on any atom is -0.508 e. The Morgan fingerprint density at radius 2 is 2.29 bits per heavy atom. The van der Waals surface area contributed by atoms with Gasteiger partial charge in [0.15, 0.2) is 0 Å². The van der Waals surface area contributed by atoms with E-state index in [-0.39, 0.29) is 23.6 Å². The van der Waals surface area contributed by atoms with Gasteiger partial charge < -0.3 is 9.84 Å². The molecule has 5 heteroatoms. The summed E-state index contributed by atoms with van der Waals surface area (Å²) in [5, 5.41) is 17.8. The number of rotatable bonds is 3. The smallest absolute Gasteiger partial charge is 0.340 e. The number of hydrogen-bond acceptors (Lipinski definition) is 5. The number of carbonyl (C=O) groups excluding carboxylic acids is 1. The highest BCUT2D eigenvalue weighted by atomic mass is 16.5. The first-order chi connectivity index (χ1) is 6.69. The van der Waals surface area contributed by atoms with E-state index >= 15 is 0 Å². The van der Waals surface area contributed by atoms with Gasteiger partial charge in [-0.1, -0.05) is 0 Å². The van der Waals surface area contributed by atoms with Gasteiger partial charge in [-0.2, -0.15) is 0 Å². The molecule has 0 aromatic heterocycles. The van der Waals surface area contributed by atoms with E-state index < -0.39 is 5.97 Å². The zero-order valence-electron chi connectivity index (χ0n) is 7.65. The first-order valence-corrected chi connectivity index (χ1v) is 4.09. The van der Waals surface area contributed by atoms with Gasteiger partial charge in [-0.25, -0.2) is 4.79 Å². The molecule has 0 amide bonds. The number of nitrogens with one attached hydrogen (secondary N) is 1. The zero-order valence-corrected chi connectivity index (χ0v) is 7.65. The second-order valence-corrected chi connectivity index (χ2v) is 2.56. The zero-order chi connectivity index (χ0) is 10.6. The minimum absolute atomic E-state index is 0.0467. The topological polar surface area (TPSA) is 78.8 Å². The fourth-order valence-electron chi connectivity index (χ4n) is 1.01. The molecule has 0 aliphatic heterocycles. The quantitative estimate of drug-likeness (QED) is 0.503. The molecule has 1 aromatic carbocycles. The van der Waals surface area contributed by atoms with Crippen molar-refractivity contribution in [2.75, 3.05) is 12.1 Å². The van der Waals surface area contributed by atoms with E-state index in [2.05, 4.69) is 0 Å². The Kier molecular flexibility index (Phi) is 3.30. The molecule has 0 saturated heterocycles. The van der Waals surface area contributed by atoms with E-state index in [9.17, 15) is 4.79 Å². The molecular formula is C9H11NO4. The van der Waals surface area contributed by atoms with Gasteiger partial charge in [0.25, 0.3) is 0 Å². The Balaban J connectivity index is 3.01. The Labute approximate surface area is 80.9 Å². The van der Waals surface area contributed by atoms with E-state index in [0.29, 0.717) is 0 Å². The monoisotopic (exact) mass is 197 g/mol. The van der Waals surface area contributed by atoms with Gasteiger partial charge in [-0.15, -0.1) is 0 Å². The van der Waals surface area contributed by atoms with Crippen LogP contribution in [-0.4, -0.2) is 22.9 Å². The number of phenolic OH excluding ortho intramolecular Hbond substituents is 1. The number of carbonyl (C=O) groups is 1. The Morgan fingerprint density at radius 1 is 1.57 bits per heavy atom. The van der Waals surface area contributed by atoms with E-state index in [1.807, 2.05) is 5.48 Å². The lowest BCUT2D eigenvalue weighted by molar-refractivity contribution is 0.0526. The van der Waals surface area contributed by atoms with Gasteiger partial charge >= 0.3 is 5.97 Å². The van der Waals surface area contributed by atoms with Crippen molar-refractivity contribution in [3.8, 4) is 5.75 Å². The van der Waals surface area contributed by atoms with Crippen LogP contribution in [0.3, 0.4) is 0 Å². The van der Waals surface area contributed by atoms with Crippen molar-refractivity contribution in [3.63, 3.8) is 0 Å². The highest BCUT2D eigenvalue weighted by Gasteiger charge is 2.12. The largest absolute Gasteiger partial charge is 0.508 e. The average Bonchev–Trinajstić information content (AvgIpc) is 2.17. The maximum absolute atomic E-state index is 11.3. The van der Waals surface area contributed by atoms with Crippen LogP contribution in [0.15, 0.2) is 18.2 Å². The van der Waals surface area contributed by atoms with E-state index in [4.69, 9.17) is 15.1 Å². The lowest BCUT2D eigenvalue weighted by Gasteiger charge is -2.07. The van der Waals surface area contributed by atoms with Gasteiger partial charge in [0, 0.05) is 6.07 Å². The predicted molar refractivity (Wildman–Crippen MR) is 49.5 cm³/mol. The summed E-state index contributed by atoms with van der Waals surface area (Å²) in [7, 11) is 0. The van der Waals surface area contributed by atoms with Crippen LogP contribution in [0.5, 0.6) is 5.75 Å². The Bertz CT molecular complexity index is 338. The second kappa shape index (κ2) is 4.48. The summed E-state index contributed by atoms with van der Waals surface area (Å²) in [5.41, 5.74) is 2.10. The summed E-state index contributed by atoms with van der Waals surface area (Å²) in [5.74, 6) is -0.598. The van der Waals surface area contributed by atoms with Crippen molar-refractivity contribution < 1.29 is 19.8 Å². The number of aromatic hydroxyl groups is 1. The molecule has 76 valence electrons. The maximum atomic E-state index is 11.3. The van der Waals surface area contributed by atoms with E-state index in [1.54, 1.807) is 6.92 Å². The summed E-state index contributed by atoms with van der Waals surface area (Å²) in [6.07, 6.45) is 0. The third kappa shape index (κ3) is 2.14. The Hall–Kier alpha value is -1.75. The summed E-state index contributed by atoms with van der Waals surface area (Å²) in [6, 6.07) is 3.94. The van der Waals surface area contributed by atoms with Crippen molar-refractivity contribution >= 4 is 11.7 Å². The number of ether oxygens (including phenoxy) is 1. The first kappa shape index (κ1) is 10.3. The lowest BCUT2D eigenvalue weighted by atomic mass is 10.2. The highest BCUT2D eigenvalue weighted by Crippen LogP contribution is 2.21. The molecule has 14 heavy (non-hydrogen) atoms. The standard InChI is InChI=1S/C9H11NO4/c1-2-14-9(12)7-4-3-6(11)5-8(7)10-13/h3-5,10-11,13H,2H2,1H3. The SMILES string of the molecule is CCOC(=O)c1ccc(O)cc1NO. The third-order valence-corrected chi connectivity index (χ3v) is 1.62. The molecule has 0 heterocycles. The third-order valence-electron chi connectivity index (χ3n) is 1.62. The number of hydrogen-bond donors (Lipinski definition) is 3. The summed E-state index contributed by atoms with van der Waals surface area (Å²) in [6.45, 7) is 1.94. The van der Waals surface area contributed by atoms with Crippen LogP contribution < -0.4 is 5.48 Å². The van der Waals surface area contributed by atoms with E-state index in [0.717, 1.165) is 0 Å². The molecule has 0 aliphatic rings. The number of phenols is 1. The summed E-state index contributed by atoms with van der Waals surface area (Å²) >= 11 is 0. The predicted octanol–water partition coefficient (Wildman–Crippen LogP) is 1.37. The highest BCUT2D eigenvalue weighted by molar-refractivity contribution is 5.95. The molecule has 0 atom stereocenters. The molecule has 0 saturated carbocycles. The van der Waals surface area contributed by atoms with Crippen LogP contribution in [0.2, 0.25) is 0 Å². The summed E-state index contributed by atoms with van der Waals surface area (Å²) in [4.78, 5) is 11.3. The van der Waals surface area contributed by atoms with Crippen LogP contribution in [-0.2, 0) is 4.74 Å². The summed E-state index contributed by atoms with van der Waals surface area (Å²) < 4.78 is 4.74. The normalized spacial score (nSPS) is 9.57. The lowest BCUT2D eigenvalue weighted by Crippen LogP contribution is -2.07. The van der Waals surface area contributed by atoms with Crippen molar-refractivity contribution in [2.45, 2.75) is 6.92 Å². The van der Waals surface area contributed by atoms with Crippen LogP contribution in [0.4, 0.5) is 5.69 Å². The number of benzene rings is 1. The molecule has 0 radical (unpaired) electrons. The van der Waals surface area contributed by atoms with Gasteiger partial charge in [0.2, 0.25) is 0 Å². The molecule has 0 fully saturated rings.